The van der Waals surface area contributed by atoms with Crippen LogP contribution in [0.25, 0.3) is 5.65 Å². The predicted molar refractivity (Wildman–Crippen MR) is 74.1 cm³/mol. The summed E-state index contributed by atoms with van der Waals surface area (Å²) in [5, 5.41) is 4.91. The summed E-state index contributed by atoms with van der Waals surface area (Å²) in [7, 11) is 0. The van der Waals surface area contributed by atoms with E-state index in [4.69, 9.17) is 10.5 Å². The Morgan fingerprint density at radius 2 is 2.15 bits per heavy atom. The van der Waals surface area contributed by atoms with Gasteiger partial charge in [0.1, 0.15) is 5.69 Å². The van der Waals surface area contributed by atoms with E-state index >= 15 is 0 Å². The second-order valence-electron chi connectivity index (χ2n) is 4.28. The van der Waals surface area contributed by atoms with Crippen LogP contribution < -0.4 is 10.6 Å². The van der Waals surface area contributed by atoms with E-state index in [1.807, 2.05) is 6.26 Å². The molecule has 3 heterocycles. The third-order valence-electron chi connectivity index (χ3n) is 3.03. The maximum absolute atomic E-state index is 11.3. The van der Waals surface area contributed by atoms with Crippen molar-refractivity contribution in [3.05, 3.63) is 11.9 Å². The van der Waals surface area contributed by atoms with Gasteiger partial charge in [-0.15, -0.1) is 5.10 Å². The van der Waals surface area contributed by atoms with Gasteiger partial charge in [-0.2, -0.15) is 4.98 Å². The highest BCUT2D eigenvalue weighted by atomic mass is 32.2. The van der Waals surface area contributed by atoms with Crippen LogP contribution in [0.5, 0.6) is 0 Å². The van der Waals surface area contributed by atoms with Crippen LogP contribution in [0.15, 0.2) is 11.4 Å². The Bertz CT molecular complexity index is 652. The molecule has 0 aliphatic carbocycles. The van der Waals surface area contributed by atoms with Crippen molar-refractivity contribution in [1.82, 2.24) is 19.6 Å². The zero-order valence-electron chi connectivity index (χ0n) is 10.9. The molecule has 9 heteroatoms. The highest BCUT2D eigenvalue weighted by Crippen LogP contribution is 2.22. The number of ether oxygens (including phenoxy) is 1. The molecule has 1 fully saturated rings. The van der Waals surface area contributed by atoms with Crippen molar-refractivity contribution in [1.29, 1.82) is 0 Å². The quantitative estimate of drug-likeness (QED) is 0.781. The number of aromatic nitrogens is 4. The van der Waals surface area contributed by atoms with E-state index in [2.05, 4.69) is 20.0 Å². The first kappa shape index (κ1) is 13.1. The molecule has 1 aliphatic heterocycles. The van der Waals surface area contributed by atoms with Gasteiger partial charge in [0.2, 0.25) is 5.16 Å². The van der Waals surface area contributed by atoms with Crippen molar-refractivity contribution in [3.8, 4) is 0 Å². The fourth-order valence-corrected chi connectivity index (χ4v) is 2.39. The Balaban J connectivity index is 2.14. The van der Waals surface area contributed by atoms with E-state index in [9.17, 15) is 4.79 Å². The summed E-state index contributed by atoms with van der Waals surface area (Å²) in [6, 6.07) is 0. The van der Waals surface area contributed by atoms with E-state index in [0.29, 0.717) is 29.8 Å². The van der Waals surface area contributed by atoms with Crippen molar-refractivity contribution in [2.75, 3.05) is 37.5 Å². The van der Waals surface area contributed by atoms with E-state index in [0.717, 1.165) is 13.1 Å². The minimum Gasteiger partial charge on any atom is -0.378 e. The highest BCUT2D eigenvalue weighted by Gasteiger charge is 2.20. The minimum atomic E-state index is -0.575. The van der Waals surface area contributed by atoms with Crippen molar-refractivity contribution >= 4 is 29.1 Å². The van der Waals surface area contributed by atoms with Gasteiger partial charge >= 0.3 is 0 Å². The molecule has 3 rings (SSSR count). The lowest BCUT2D eigenvalue weighted by molar-refractivity contribution is 0.0996. The molecule has 1 amide bonds. The fourth-order valence-electron chi connectivity index (χ4n) is 2.05. The second kappa shape index (κ2) is 5.25. The number of hydrogen-bond donors (Lipinski definition) is 1. The minimum absolute atomic E-state index is 0.187. The summed E-state index contributed by atoms with van der Waals surface area (Å²) < 4.78 is 6.90. The van der Waals surface area contributed by atoms with E-state index < -0.39 is 5.91 Å². The lowest BCUT2D eigenvalue weighted by Crippen LogP contribution is -2.37. The molecular weight excluding hydrogens is 280 g/mol. The summed E-state index contributed by atoms with van der Waals surface area (Å²) in [4.78, 5) is 22.1. The van der Waals surface area contributed by atoms with Crippen LogP contribution in [0, 0.1) is 0 Å². The molecule has 0 radical (unpaired) electrons. The molecule has 0 unspecified atom stereocenters. The molecule has 0 aromatic carbocycles. The number of morpholine rings is 1. The summed E-state index contributed by atoms with van der Waals surface area (Å²) in [5.41, 5.74) is 6.00. The topological polar surface area (TPSA) is 98.6 Å². The number of nitrogens with zero attached hydrogens (tertiary/aromatic N) is 5. The zero-order chi connectivity index (χ0) is 14.1. The molecule has 2 aromatic rings. The maximum atomic E-state index is 11.3. The Labute approximate surface area is 119 Å². The number of carbonyl (C=O) groups excluding carboxylic acids is 1. The average molecular weight is 294 g/mol. The van der Waals surface area contributed by atoms with Gasteiger partial charge in [0.15, 0.2) is 11.5 Å². The first-order chi connectivity index (χ1) is 9.69. The summed E-state index contributed by atoms with van der Waals surface area (Å²) in [5.74, 6) is 0.134. The van der Waals surface area contributed by atoms with Crippen LogP contribution in [0.3, 0.4) is 0 Å². The molecule has 0 spiro atoms. The zero-order valence-corrected chi connectivity index (χ0v) is 11.8. The van der Waals surface area contributed by atoms with E-state index in [1.54, 1.807) is 4.52 Å². The first-order valence-corrected chi connectivity index (χ1v) is 7.35. The molecule has 0 saturated carbocycles. The van der Waals surface area contributed by atoms with Crippen molar-refractivity contribution in [2.24, 2.45) is 5.73 Å². The monoisotopic (exact) mass is 294 g/mol. The molecular formula is C11H14N6O2S. The smallest absolute Gasteiger partial charge is 0.269 e. The normalized spacial score (nSPS) is 15.8. The largest absolute Gasteiger partial charge is 0.378 e. The molecule has 0 bridgehead atoms. The number of imidazole rings is 1. The molecule has 106 valence electrons. The Hall–Kier alpha value is -1.87. The number of nitrogens with two attached hydrogens (primary N) is 1. The third kappa shape index (κ3) is 2.29. The molecule has 8 nitrogen and oxygen atoms in total. The summed E-state index contributed by atoms with van der Waals surface area (Å²) in [6.07, 6.45) is 3.43. The Kier molecular flexibility index (Phi) is 3.45. The molecule has 2 N–H and O–H groups in total. The van der Waals surface area contributed by atoms with E-state index in [1.165, 1.54) is 18.0 Å². The van der Waals surface area contributed by atoms with Gasteiger partial charge < -0.3 is 15.4 Å². The standard InChI is InChI=1S/C11H14N6O2S/c1-20-11-14-9(16-2-4-19-5-3-16)10-13-7(8(12)18)6-17(10)15-11/h6H,2-5H2,1H3,(H2,12,18). The summed E-state index contributed by atoms with van der Waals surface area (Å²) >= 11 is 1.43. The van der Waals surface area contributed by atoms with Gasteiger partial charge in [-0.1, -0.05) is 11.8 Å². The Morgan fingerprint density at radius 3 is 2.80 bits per heavy atom. The highest BCUT2D eigenvalue weighted by molar-refractivity contribution is 7.98. The number of rotatable bonds is 3. The number of amides is 1. The van der Waals surface area contributed by atoms with Crippen molar-refractivity contribution < 1.29 is 9.53 Å². The van der Waals surface area contributed by atoms with Crippen molar-refractivity contribution in [2.45, 2.75) is 5.16 Å². The third-order valence-corrected chi connectivity index (χ3v) is 3.57. The van der Waals surface area contributed by atoms with Crippen molar-refractivity contribution in [3.63, 3.8) is 0 Å². The van der Waals surface area contributed by atoms with Gasteiger partial charge in [0.05, 0.1) is 19.4 Å². The van der Waals surface area contributed by atoms with Gasteiger partial charge in [-0.25, -0.2) is 9.50 Å². The maximum Gasteiger partial charge on any atom is 0.269 e. The number of anilines is 1. The number of carbonyl (C=O) groups is 1. The van der Waals surface area contributed by atoms with Crippen LogP contribution in [0.4, 0.5) is 5.82 Å². The van der Waals surface area contributed by atoms with Crippen LogP contribution >= 0.6 is 11.8 Å². The molecule has 0 atom stereocenters. The average Bonchev–Trinajstić information content (AvgIpc) is 2.91. The van der Waals surface area contributed by atoms with Gasteiger partial charge in [0.25, 0.3) is 5.91 Å². The number of hydrogen-bond acceptors (Lipinski definition) is 7. The molecule has 2 aromatic heterocycles. The second-order valence-corrected chi connectivity index (χ2v) is 5.05. The summed E-state index contributed by atoms with van der Waals surface area (Å²) in [6.45, 7) is 2.76. The number of thioether (sulfide) groups is 1. The SMILES string of the molecule is CSc1nc(N2CCOCC2)c2nc(C(N)=O)cn2n1. The fraction of sp³-hybridized carbons (Fsp3) is 0.455. The van der Waals surface area contributed by atoms with Crippen LogP contribution in [0.2, 0.25) is 0 Å². The predicted octanol–water partition coefficient (Wildman–Crippen LogP) is -0.218. The lowest BCUT2D eigenvalue weighted by atomic mass is 10.4. The van der Waals surface area contributed by atoms with E-state index in [-0.39, 0.29) is 5.69 Å². The number of primary amides is 1. The van der Waals surface area contributed by atoms with Crippen LogP contribution in [-0.4, -0.2) is 58.0 Å². The van der Waals surface area contributed by atoms with Gasteiger partial charge in [-0.3, -0.25) is 4.79 Å². The number of fused-ring (bicyclic) bond motifs is 1. The molecule has 1 aliphatic rings. The molecule has 1 saturated heterocycles. The van der Waals surface area contributed by atoms with Crippen LogP contribution in [-0.2, 0) is 4.74 Å². The molecule has 20 heavy (non-hydrogen) atoms. The van der Waals surface area contributed by atoms with Gasteiger partial charge in [-0.05, 0) is 6.26 Å². The van der Waals surface area contributed by atoms with Crippen LogP contribution in [0.1, 0.15) is 10.5 Å². The van der Waals surface area contributed by atoms with Gasteiger partial charge in [0, 0.05) is 13.1 Å². The lowest BCUT2D eigenvalue weighted by Gasteiger charge is -2.27. The Morgan fingerprint density at radius 1 is 1.40 bits per heavy atom. The first-order valence-electron chi connectivity index (χ1n) is 6.13.